The van der Waals surface area contributed by atoms with Gasteiger partial charge in [0.2, 0.25) is 0 Å². The molecule has 178 valence electrons. The van der Waals surface area contributed by atoms with Crippen molar-refractivity contribution >= 4 is 5.97 Å². The Hall–Kier alpha value is -1.73. The minimum Gasteiger partial charge on any atom is -0.469 e. The highest BCUT2D eigenvalue weighted by Gasteiger charge is 2.43. The number of esters is 1. The molecule has 0 spiro atoms. The van der Waals surface area contributed by atoms with E-state index in [1.165, 1.54) is 7.11 Å². The summed E-state index contributed by atoms with van der Waals surface area (Å²) in [5.41, 5.74) is 1.14. The predicted octanol–water partition coefficient (Wildman–Crippen LogP) is 4.40. The van der Waals surface area contributed by atoms with E-state index in [9.17, 15) is 9.90 Å². The average molecular weight is 447 g/mol. The van der Waals surface area contributed by atoms with Crippen LogP contribution in [-0.4, -0.2) is 49.9 Å². The van der Waals surface area contributed by atoms with Crippen LogP contribution < -0.4 is 0 Å². The summed E-state index contributed by atoms with van der Waals surface area (Å²) in [5, 5.41) is 10.8. The standard InChI is InChI=1S/C26H38O6/c1-29-25(28)14-8-3-2-7-13-21-22(19-30-18-20-11-5-4-6-12-20)24(17-23(21)27)32-26-15-9-10-16-31-26/h2,4-7,11-12,21-24,26-27H,3,8-10,13-19H2,1H3/b7-2-. The van der Waals surface area contributed by atoms with Crippen LogP contribution in [0.5, 0.6) is 0 Å². The third kappa shape index (κ3) is 8.00. The van der Waals surface area contributed by atoms with Crippen LogP contribution in [0.3, 0.4) is 0 Å². The molecule has 6 heteroatoms. The van der Waals surface area contributed by atoms with Crippen molar-refractivity contribution < 1.29 is 28.8 Å². The van der Waals surface area contributed by atoms with Crippen LogP contribution in [0.2, 0.25) is 0 Å². The van der Waals surface area contributed by atoms with Gasteiger partial charge in [0, 0.05) is 25.4 Å². The van der Waals surface area contributed by atoms with E-state index >= 15 is 0 Å². The van der Waals surface area contributed by atoms with Crippen LogP contribution in [-0.2, 0) is 30.3 Å². The van der Waals surface area contributed by atoms with Gasteiger partial charge < -0.3 is 24.1 Å². The van der Waals surface area contributed by atoms with Gasteiger partial charge in [-0.05, 0) is 50.0 Å². The van der Waals surface area contributed by atoms with Crippen LogP contribution in [0.4, 0.5) is 0 Å². The summed E-state index contributed by atoms with van der Waals surface area (Å²) < 4.78 is 22.9. The molecule has 0 radical (unpaired) electrons. The molecule has 1 saturated carbocycles. The molecular weight excluding hydrogens is 408 g/mol. The van der Waals surface area contributed by atoms with Crippen molar-refractivity contribution in [1.82, 2.24) is 0 Å². The van der Waals surface area contributed by atoms with E-state index in [1.54, 1.807) is 0 Å². The molecule has 5 atom stereocenters. The van der Waals surface area contributed by atoms with Crippen molar-refractivity contribution in [2.75, 3.05) is 20.3 Å². The number of hydrogen-bond acceptors (Lipinski definition) is 6. The van der Waals surface area contributed by atoms with E-state index in [-0.39, 0.29) is 30.2 Å². The van der Waals surface area contributed by atoms with Gasteiger partial charge in [0.25, 0.3) is 0 Å². The Labute approximate surface area is 191 Å². The highest BCUT2D eigenvalue weighted by molar-refractivity contribution is 5.69. The molecule has 0 amide bonds. The first-order chi connectivity index (χ1) is 15.7. The molecule has 3 rings (SSSR count). The van der Waals surface area contributed by atoms with Crippen molar-refractivity contribution in [1.29, 1.82) is 0 Å². The van der Waals surface area contributed by atoms with Crippen molar-refractivity contribution in [2.45, 2.75) is 76.5 Å². The average Bonchev–Trinajstić information content (AvgIpc) is 3.11. The molecule has 1 heterocycles. The second-order valence-electron chi connectivity index (χ2n) is 8.78. The van der Waals surface area contributed by atoms with Gasteiger partial charge in [-0.2, -0.15) is 0 Å². The van der Waals surface area contributed by atoms with Crippen LogP contribution in [0, 0.1) is 11.8 Å². The van der Waals surface area contributed by atoms with Crippen molar-refractivity contribution in [3.8, 4) is 0 Å². The highest BCUT2D eigenvalue weighted by Crippen LogP contribution is 2.39. The SMILES string of the molecule is COC(=O)CCC/C=C\CC1C(O)CC(OC2CCCCO2)C1COCc1ccccc1. The van der Waals surface area contributed by atoms with Gasteiger partial charge in [-0.25, -0.2) is 0 Å². The van der Waals surface area contributed by atoms with Gasteiger partial charge in [0.1, 0.15) is 0 Å². The first-order valence-corrected chi connectivity index (χ1v) is 12.0. The van der Waals surface area contributed by atoms with Crippen LogP contribution >= 0.6 is 0 Å². The summed E-state index contributed by atoms with van der Waals surface area (Å²) in [6.07, 6.45) is 10.1. The fraction of sp³-hybridized carbons (Fsp3) is 0.654. The maximum absolute atomic E-state index is 11.2. The number of allylic oxidation sites excluding steroid dienone is 2. The lowest BCUT2D eigenvalue weighted by atomic mass is 9.91. The summed E-state index contributed by atoms with van der Waals surface area (Å²) >= 11 is 0. The third-order valence-corrected chi connectivity index (χ3v) is 6.44. The van der Waals surface area contributed by atoms with Crippen LogP contribution in [0.15, 0.2) is 42.5 Å². The van der Waals surface area contributed by atoms with Gasteiger partial charge in [-0.3, -0.25) is 4.79 Å². The maximum Gasteiger partial charge on any atom is 0.305 e. The zero-order valence-corrected chi connectivity index (χ0v) is 19.2. The second kappa shape index (κ2) is 13.7. The summed E-state index contributed by atoms with van der Waals surface area (Å²) in [4.78, 5) is 11.2. The van der Waals surface area contributed by atoms with E-state index < -0.39 is 6.10 Å². The third-order valence-electron chi connectivity index (χ3n) is 6.44. The zero-order chi connectivity index (χ0) is 22.6. The molecule has 1 aliphatic carbocycles. The molecule has 2 fully saturated rings. The Balaban J connectivity index is 1.54. The number of hydrogen-bond donors (Lipinski definition) is 1. The van der Waals surface area contributed by atoms with E-state index in [0.29, 0.717) is 26.1 Å². The monoisotopic (exact) mass is 446 g/mol. The van der Waals surface area contributed by atoms with E-state index in [0.717, 1.165) is 50.7 Å². The molecule has 6 nitrogen and oxygen atoms in total. The molecule has 1 aromatic carbocycles. The molecule has 5 unspecified atom stereocenters. The molecule has 1 N–H and O–H groups in total. The summed E-state index contributed by atoms with van der Waals surface area (Å²) in [6, 6.07) is 10.1. The zero-order valence-electron chi connectivity index (χ0n) is 19.2. The number of carbonyl (C=O) groups is 1. The number of ether oxygens (including phenoxy) is 4. The molecular formula is C26H38O6. The lowest BCUT2D eigenvalue weighted by Gasteiger charge is -2.30. The molecule has 0 aromatic heterocycles. The molecule has 1 aliphatic heterocycles. The fourth-order valence-corrected chi connectivity index (χ4v) is 4.61. The second-order valence-corrected chi connectivity index (χ2v) is 8.78. The minimum atomic E-state index is -0.423. The van der Waals surface area contributed by atoms with Gasteiger partial charge in [-0.1, -0.05) is 42.5 Å². The van der Waals surface area contributed by atoms with Crippen LogP contribution in [0.1, 0.15) is 56.9 Å². The first kappa shape index (κ1) is 24.9. The van der Waals surface area contributed by atoms with E-state index in [2.05, 4.69) is 29.0 Å². The van der Waals surface area contributed by atoms with E-state index in [4.69, 9.17) is 14.2 Å². The summed E-state index contributed by atoms with van der Waals surface area (Å²) in [7, 11) is 1.41. The molecule has 2 aliphatic rings. The Morgan fingerprint density at radius 3 is 2.78 bits per heavy atom. The van der Waals surface area contributed by atoms with Crippen molar-refractivity contribution in [3.63, 3.8) is 0 Å². The van der Waals surface area contributed by atoms with Gasteiger partial charge in [0.15, 0.2) is 6.29 Å². The first-order valence-electron chi connectivity index (χ1n) is 12.0. The number of rotatable bonds is 12. The van der Waals surface area contributed by atoms with Crippen molar-refractivity contribution in [2.24, 2.45) is 11.8 Å². The molecule has 1 aromatic rings. The van der Waals surface area contributed by atoms with Crippen molar-refractivity contribution in [3.05, 3.63) is 48.0 Å². The normalized spacial score (nSPS) is 28.2. The van der Waals surface area contributed by atoms with Crippen LogP contribution in [0.25, 0.3) is 0 Å². The Morgan fingerprint density at radius 2 is 2.03 bits per heavy atom. The molecule has 32 heavy (non-hydrogen) atoms. The van der Waals surface area contributed by atoms with Gasteiger partial charge in [-0.15, -0.1) is 0 Å². The Morgan fingerprint density at radius 1 is 1.19 bits per heavy atom. The largest absolute Gasteiger partial charge is 0.469 e. The Bertz CT molecular complexity index is 685. The summed E-state index contributed by atoms with van der Waals surface area (Å²) in [5.74, 6) is 0.0142. The number of unbranched alkanes of at least 4 members (excludes halogenated alkanes) is 1. The smallest absolute Gasteiger partial charge is 0.305 e. The number of methoxy groups -OCH3 is 1. The van der Waals surface area contributed by atoms with Gasteiger partial charge >= 0.3 is 5.97 Å². The van der Waals surface area contributed by atoms with Gasteiger partial charge in [0.05, 0.1) is 32.5 Å². The molecule has 1 saturated heterocycles. The molecule has 0 bridgehead atoms. The number of aliphatic hydroxyl groups excluding tert-OH is 1. The summed E-state index contributed by atoms with van der Waals surface area (Å²) in [6.45, 7) is 1.84. The fourth-order valence-electron chi connectivity index (χ4n) is 4.61. The minimum absolute atomic E-state index is 0.0680. The topological polar surface area (TPSA) is 74.2 Å². The maximum atomic E-state index is 11.2. The number of aliphatic hydroxyl groups is 1. The van der Waals surface area contributed by atoms with E-state index in [1.807, 2.05) is 18.2 Å². The number of carbonyl (C=O) groups excluding carboxylic acids is 1. The Kier molecular flexibility index (Phi) is 10.7. The highest BCUT2D eigenvalue weighted by atomic mass is 16.7. The quantitative estimate of drug-likeness (QED) is 0.291. The lowest BCUT2D eigenvalue weighted by molar-refractivity contribution is -0.199. The predicted molar refractivity (Wildman–Crippen MR) is 122 cm³/mol. The lowest BCUT2D eigenvalue weighted by Crippen LogP contribution is -2.33. The number of benzene rings is 1.